The third kappa shape index (κ3) is 4.38. The summed E-state index contributed by atoms with van der Waals surface area (Å²) in [6.07, 6.45) is 7.00. The van der Waals surface area contributed by atoms with E-state index in [0.29, 0.717) is 16.7 Å². The van der Waals surface area contributed by atoms with E-state index in [9.17, 15) is 13.6 Å². The van der Waals surface area contributed by atoms with E-state index < -0.39 is 11.8 Å². The zero-order chi connectivity index (χ0) is 21.1. The maximum atomic E-state index is 14.7. The average molecular weight is 408 g/mol. The van der Waals surface area contributed by atoms with Crippen LogP contribution in [0.15, 0.2) is 54.6 Å². The van der Waals surface area contributed by atoms with E-state index in [2.05, 4.69) is 6.92 Å². The number of carbonyl (C=O) groups is 1. The lowest BCUT2D eigenvalue weighted by Gasteiger charge is -2.28. The quantitative estimate of drug-likeness (QED) is 0.324. The molecular weight excluding hydrogens is 382 g/mol. The van der Waals surface area contributed by atoms with Crippen LogP contribution >= 0.6 is 0 Å². The minimum atomic E-state index is -0.749. The van der Waals surface area contributed by atoms with Gasteiger partial charge in [0, 0.05) is 5.39 Å². The molecule has 1 saturated carbocycles. The summed E-state index contributed by atoms with van der Waals surface area (Å²) in [6.45, 7) is 2.22. The molecule has 0 saturated heterocycles. The Morgan fingerprint density at radius 1 is 0.967 bits per heavy atom. The Morgan fingerprint density at radius 2 is 1.77 bits per heavy atom. The Labute approximate surface area is 175 Å². The highest BCUT2D eigenvalue weighted by Gasteiger charge is 2.23. The average Bonchev–Trinajstić information content (AvgIpc) is 2.74. The van der Waals surface area contributed by atoms with Gasteiger partial charge in [0.25, 0.3) is 0 Å². The first-order valence-electron chi connectivity index (χ1n) is 10.7. The van der Waals surface area contributed by atoms with Crippen molar-refractivity contribution in [1.82, 2.24) is 0 Å². The van der Waals surface area contributed by atoms with Gasteiger partial charge in [-0.25, -0.2) is 13.6 Å². The van der Waals surface area contributed by atoms with Gasteiger partial charge >= 0.3 is 5.97 Å². The summed E-state index contributed by atoms with van der Waals surface area (Å²) >= 11 is 0. The van der Waals surface area contributed by atoms with Gasteiger partial charge in [-0.15, -0.1) is 0 Å². The fourth-order valence-corrected chi connectivity index (χ4v) is 4.59. The van der Waals surface area contributed by atoms with Crippen molar-refractivity contribution in [2.45, 2.75) is 51.4 Å². The normalized spacial score (nSPS) is 19.0. The molecule has 0 radical (unpaired) electrons. The SMILES string of the molecule is CCCC1CCC(c2ccc(C(=O)Oc3ccc4c(F)cccc4c3)c(F)c2)CC1. The molecule has 1 fully saturated rings. The van der Waals surface area contributed by atoms with Crippen molar-refractivity contribution in [3.63, 3.8) is 0 Å². The molecule has 0 bridgehead atoms. The summed E-state index contributed by atoms with van der Waals surface area (Å²) in [6, 6.07) is 14.2. The second-order valence-electron chi connectivity index (χ2n) is 8.26. The number of hydrogen-bond acceptors (Lipinski definition) is 2. The van der Waals surface area contributed by atoms with Crippen molar-refractivity contribution < 1.29 is 18.3 Å². The van der Waals surface area contributed by atoms with Crippen molar-refractivity contribution in [3.8, 4) is 5.75 Å². The van der Waals surface area contributed by atoms with Crippen LogP contribution in [0.3, 0.4) is 0 Å². The molecular formula is C26H26F2O2. The molecule has 0 unspecified atom stereocenters. The molecule has 4 rings (SSSR count). The van der Waals surface area contributed by atoms with E-state index in [1.165, 1.54) is 49.9 Å². The number of hydrogen-bond donors (Lipinski definition) is 0. The number of halogens is 2. The van der Waals surface area contributed by atoms with Crippen molar-refractivity contribution in [2.75, 3.05) is 0 Å². The van der Waals surface area contributed by atoms with Crippen molar-refractivity contribution >= 4 is 16.7 Å². The summed E-state index contributed by atoms with van der Waals surface area (Å²) in [5.41, 5.74) is 0.873. The van der Waals surface area contributed by atoms with E-state index in [0.717, 1.165) is 24.3 Å². The van der Waals surface area contributed by atoms with Crippen LogP contribution in [-0.4, -0.2) is 5.97 Å². The Hall–Kier alpha value is -2.75. The van der Waals surface area contributed by atoms with Crippen LogP contribution in [0, 0.1) is 17.6 Å². The molecule has 3 aromatic carbocycles. The first kappa shape index (κ1) is 20.5. The number of benzene rings is 3. The van der Waals surface area contributed by atoms with Crippen molar-refractivity contribution in [2.24, 2.45) is 5.92 Å². The number of rotatable bonds is 5. The van der Waals surface area contributed by atoms with Gasteiger partial charge in [0.05, 0.1) is 5.56 Å². The zero-order valence-corrected chi connectivity index (χ0v) is 17.2. The van der Waals surface area contributed by atoms with Crippen LogP contribution in [0.2, 0.25) is 0 Å². The Morgan fingerprint density at radius 3 is 2.50 bits per heavy atom. The summed E-state index contributed by atoms with van der Waals surface area (Å²) in [5, 5.41) is 1.07. The van der Waals surface area contributed by atoms with Crippen molar-refractivity contribution in [1.29, 1.82) is 0 Å². The molecule has 30 heavy (non-hydrogen) atoms. The van der Waals surface area contributed by atoms with E-state index in [1.807, 2.05) is 6.07 Å². The highest BCUT2D eigenvalue weighted by molar-refractivity contribution is 5.92. The van der Waals surface area contributed by atoms with Crippen molar-refractivity contribution in [3.05, 3.63) is 77.4 Å². The zero-order valence-electron chi connectivity index (χ0n) is 17.2. The molecule has 4 heteroatoms. The molecule has 3 aromatic rings. The highest BCUT2D eigenvalue weighted by Crippen LogP contribution is 2.38. The molecule has 0 heterocycles. The molecule has 2 nitrogen and oxygen atoms in total. The van der Waals surface area contributed by atoms with Gasteiger partial charge in [0.1, 0.15) is 17.4 Å². The Balaban J connectivity index is 1.46. The van der Waals surface area contributed by atoms with Gasteiger partial charge in [0.15, 0.2) is 0 Å². The molecule has 0 spiro atoms. The molecule has 0 aromatic heterocycles. The fourth-order valence-electron chi connectivity index (χ4n) is 4.59. The van der Waals surface area contributed by atoms with Crippen LogP contribution in [0.4, 0.5) is 8.78 Å². The smallest absolute Gasteiger partial charge is 0.346 e. The van der Waals surface area contributed by atoms with E-state index >= 15 is 0 Å². The summed E-state index contributed by atoms with van der Waals surface area (Å²) < 4.78 is 33.9. The van der Waals surface area contributed by atoms with Crippen LogP contribution in [0.25, 0.3) is 10.8 Å². The van der Waals surface area contributed by atoms with Gasteiger partial charge in [-0.1, -0.05) is 38.0 Å². The molecule has 156 valence electrons. The van der Waals surface area contributed by atoms with Gasteiger partial charge in [-0.05, 0) is 84.9 Å². The second-order valence-corrected chi connectivity index (χ2v) is 8.26. The third-order valence-corrected chi connectivity index (χ3v) is 6.24. The van der Waals surface area contributed by atoms with Crippen LogP contribution in [0.1, 0.15) is 67.3 Å². The maximum Gasteiger partial charge on any atom is 0.346 e. The van der Waals surface area contributed by atoms with Gasteiger partial charge in [-0.3, -0.25) is 0 Å². The third-order valence-electron chi connectivity index (χ3n) is 6.24. The number of carbonyl (C=O) groups excluding carboxylic acids is 1. The number of esters is 1. The summed E-state index contributed by atoms with van der Waals surface area (Å²) in [7, 11) is 0. The van der Waals surface area contributed by atoms with Gasteiger partial charge in [0.2, 0.25) is 0 Å². The Bertz CT molecular complexity index is 1050. The number of ether oxygens (including phenoxy) is 1. The minimum Gasteiger partial charge on any atom is -0.423 e. The monoisotopic (exact) mass is 408 g/mol. The fraction of sp³-hybridized carbons (Fsp3) is 0.346. The largest absolute Gasteiger partial charge is 0.423 e. The molecule has 0 atom stereocenters. The van der Waals surface area contributed by atoms with E-state index in [-0.39, 0.29) is 17.1 Å². The minimum absolute atomic E-state index is 0.0854. The maximum absolute atomic E-state index is 14.7. The first-order chi connectivity index (χ1) is 14.5. The first-order valence-corrected chi connectivity index (χ1v) is 10.7. The second kappa shape index (κ2) is 8.95. The van der Waals surface area contributed by atoms with Crippen LogP contribution in [-0.2, 0) is 0 Å². The molecule has 1 aliphatic carbocycles. The standard InChI is InChI=1S/C26H26F2O2/c1-2-4-17-7-9-18(10-8-17)19-11-13-23(25(28)16-19)26(29)30-21-12-14-22-20(15-21)5-3-6-24(22)27/h3,5-6,11-18H,2,4,7-10H2,1H3. The predicted molar refractivity (Wildman–Crippen MR) is 115 cm³/mol. The van der Waals surface area contributed by atoms with Crippen LogP contribution in [0.5, 0.6) is 5.75 Å². The summed E-state index contributed by atoms with van der Waals surface area (Å²) in [4.78, 5) is 12.5. The van der Waals surface area contributed by atoms with E-state index in [1.54, 1.807) is 24.3 Å². The predicted octanol–water partition coefficient (Wildman–Crippen LogP) is 7.41. The molecule has 0 N–H and O–H groups in total. The lowest BCUT2D eigenvalue weighted by atomic mass is 9.77. The number of fused-ring (bicyclic) bond motifs is 1. The lowest BCUT2D eigenvalue weighted by molar-refractivity contribution is 0.0730. The Kier molecular flexibility index (Phi) is 6.12. The molecule has 1 aliphatic rings. The molecule has 0 aliphatic heterocycles. The summed E-state index contributed by atoms with van der Waals surface area (Å²) in [5.74, 6) is -0.234. The molecule has 0 amide bonds. The van der Waals surface area contributed by atoms with Gasteiger partial charge in [-0.2, -0.15) is 0 Å². The highest BCUT2D eigenvalue weighted by atomic mass is 19.1. The lowest BCUT2D eigenvalue weighted by Crippen LogP contribution is -2.15. The van der Waals surface area contributed by atoms with E-state index in [4.69, 9.17) is 4.74 Å². The van der Waals surface area contributed by atoms with Gasteiger partial charge < -0.3 is 4.74 Å². The van der Waals surface area contributed by atoms with Crippen LogP contribution < -0.4 is 4.74 Å². The topological polar surface area (TPSA) is 26.3 Å².